The number of piperazine rings is 1. The van der Waals surface area contributed by atoms with Crippen LogP contribution >= 0.6 is 27.3 Å². The minimum atomic E-state index is -3.46. The summed E-state index contributed by atoms with van der Waals surface area (Å²) in [5.41, 5.74) is 2.21. The maximum Gasteiger partial charge on any atom is 0.252 e. The van der Waals surface area contributed by atoms with Crippen LogP contribution in [0.15, 0.2) is 44.4 Å². The van der Waals surface area contributed by atoms with Crippen LogP contribution in [-0.4, -0.2) is 62.3 Å². The summed E-state index contributed by atoms with van der Waals surface area (Å²) in [6.45, 7) is 4.30. The van der Waals surface area contributed by atoms with Gasteiger partial charge in [-0.2, -0.15) is 4.31 Å². The van der Waals surface area contributed by atoms with E-state index < -0.39 is 10.0 Å². The standard InChI is InChI=1S/C19H22BrN3O3S2/c1-14-12-15-4-2-3-5-16(15)23(14)18(24)13-21-8-10-22(11-9-21)28(25,26)19-7-6-17(20)27-19/h2-7,14H,8-13H2,1H3/t14-/m1/s1. The third-order valence-electron chi connectivity index (χ3n) is 5.31. The lowest BCUT2D eigenvalue weighted by atomic mass is 10.1. The van der Waals surface area contributed by atoms with Crippen molar-refractivity contribution in [1.82, 2.24) is 9.21 Å². The van der Waals surface area contributed by atoms with E-state index in [0.29, 0.717) is 36.9 Å². The van der Waals surface area contributed by atoms with Crippen molar-refractivity contribution in [3.63, 3.8) is 0 Å². The zero-order chi connectivity index (χ0) is 19.9. The van der Waals surface area contributed by atoms with Gasteiger partial charge in [-0.3, -0.25) is 9.69 Å². The maximum absolute atomic E-state index is 12.9. The van der Waals surface area contributed by atoms with Gasteiger partial charge in [0.25, 0.3) is 10.0 Å². The lowest BCUT2D eigenvalue weighted by Crippen LogP contribution is -2.52. The molecule has 1 amide bonds. The second kappa shape index (κ2) is 7.87. The van der Waals surface area contributed by atoms with E-state index in [9.17, 15) is 13.2 Å². The molecule has 2 aromatic rings. The molecule has 0 radical (unpaired) electrons. The summed E-state index contributed by atoms with van der Waals surface area (Å²) in [4.78, 5) is 16.9. The van der Waals surface area contributed by atoms with Crippen LogP contribution in [-0.2, 0) is 21.2 Å². The van der Waals surface area contributed by atoms with Gasteiger partial charge in [0.15, 0.2) is 0 Å². The van der Waals surface area contributed by atoms with Gasteiger partial charge in [0.2, 0.25) is 5.91 Å². The van der Waals surface area contributed by atoms with Gasteiger partial charge >= 0.3 is 0 Å². The number of carbonyl (C=O) groups is 1. The van der Waals surface area contributed by atoms with Gasteiger partial charge in [-0.25, -0.2) is 8.42 Å². The number of thiophene rings is 1. The monoisotopic (exact) mass is 483 g/mol. The first-order valence-electron chi connectivity index (χ1n) is 9.24. The molecule has 3 heterocycles. The predicted octanol–water partition coefficient (Wildman–Crippen LogP) is 2.79. The number of nitrogens with zero attached hydrogens (tertiary/aromatic N) is 3. The summed E-state index contributed by atoms with van der Waals surface area (Å²) in [7, 11) is -3.46. The molecule has 0 bridgehead atoms. The number of hydrogen-bond donors (Lipinski definition) is 0. The van der Waals surface area contributed by atoms with E-state index in [1.807, 2.05) is 28.0 Å². The highest BCUT2D eigenvalue weighted by Crippen LogP contribution is 2.32. The molecular weight excluding hydrogens is 462 g/mol. The first-order chi connectivity index (χ1) is 13.4. The fraction of sp³-hybridized carbons (Fsp3) is 0.421. The SMILES string of the molecule is C[C@@H]1Cc2ccccc2N1C(=O)CN1CCN(S(=O)(=O)c2ccc(Br)s2)CC1. The van der Waals surface area contributed by atoms with Crippen LogP contribution in [0.3, 0.4) is 0 Å². The van der Waals surface area contributed by atoms with Crippen LogP contribution in [0.4, 0.5) is 5.69 Å². The highest BCUT2D eigenvalue weighted by atomic mass is 79.9. The molecule has 1 atom stereocenters. The van der Waals surface area contributed by atoms with Crippen LogP contribution in [0.25, 0.3) is 0 Å². The number of anilines is 1. The van der Waals surface area contributed by atoms with Crippen LogP contribution in [0, 0.1) is 0 Å². The number of rotatable bonds is 4. The quantitative estimate of drug-likeness (QED) is 0.670. The van der Waals surface area contributed by atoms with Gasteiger partial charge in [0.05, 0.1) is 10.3 Å². The Bertz CT molecular complexity index is 984. The van der Waals surface area contributed by atoms with Gasteiger partial charge in [-0.1, -0.05) is 18.2 Å². The second-order valence-electron chi connectivity index (χ2n) is 7.18. The number of fused-ring (bicyclic) bond motifs is 1. The molecular formula is C19H22BrN3O3S2. The summed E-state index contributed by atoms with van der Waals surface area (Å²) < 4.78 is 28.1. The van der Waals surface area contributed by atoms with E-state index in [0.717, 1.165) is 15.9 Å². The number of amides is 1. The largest absolute Gasteiger partial charge is 0.308 e. The number of benzene rings is 1. The van der Waals surface area contributed by atoms with E-state index in [2.05, 4.69) is 28.9 Å². The van der Waals surface area contributed by atoms with Crippen molar-refractivity contribution in [2.24, 2.45) is 0 Å². The zero-order valence-electron chi connectivity index (χ0n) is 15.5. The molecule has 2 aliphatic rings. The minimum absolute atomic E-state index is 0.0796. The smallest absolute Gasteiger partial charge is 0.252 e. The average Bonchev–Trinajstić information content (AvgIpc) is 3.25. The summed E-state index contributed by atoms with van der Waals surface area (Å²) in [5.74, 6) is 0.0796. The fourth-order valence-corrected chi connectivity index (χ4v) is 7.49. The third-order valence-corrected chi connectivity index (χ3v) is 9.30. The summed E-state index contributed by atoms with van der Waals surface area (Å²) in [6.07, 6.45) is 0.879. The number of para-hydroxylation sites is 1. The van der Waals surface area contributed by atoms with Crippen molar-refractivity contribution >= 4 is 48.9 Å². The second-order valence-corrected chi connectivity index (χ2v) is 11.8. The molecule has 0 aliphatic carbocycles. The van der Waals surface area contributed by atoms with Gasteiger partial charge in [-0.05, 0) is 53.0 Å². The summed E-state index contributed by atoms with van der Waals surface area (Å²) >= 11 is 4.54. The lowest BCUT2D eigenvalue weighted by Gasteiger charge is -2.34. The van der Waals surface area contributed by atoms with Gasteiger partial charge in [-0.15, -0.1) is 11.3 Å². The number of halogens is 1. The molecule has 0 N–H and O–H groups in total. The molecule has 28 heavy (non-hydrogen) atoms. The normalized spacial score (nSPS) is 21.1. The Labute approximate surface area is 177 Å². The minimum Gasteiger partial charge on any atom is -0.308 e. The third kappa shape index (κ3) is 3.78. The molecule has 1 fully saturated rings. The van der Waals surface area contributed by atoms with Crippen LogP contribution in [0.1, 0.15) is 12.5 Å². The van der Waals surface area contributed by atoms with Crippen LogP contribution in [0.2, 0.25) is 0 Å². The van der Waals surface area contributed by atoms with Crippen molar-refractivity contribution in [2.75, 3.05) is 37.6 Å². The van der Waals surface area contributed by atoms with Gasteiger partial charge in [0.1, 0.15) is 4.21 Å². The molecule has 4 rings (SSSR count). The van der Waals surface area contributed by atoms with E-state index in [-0.39, 0.29) is 11.9 Å². The molecule has 1 saturated heterocycles. The topological polar surface area (TPSA) is 60.9 Å². The van der Waals surface area contributed by atoms with Gasteiger partial charge in [0, 0.05) is 37.9 Å². The van der Waals surface area contributed by atoms with Crippen molar-refractivity contribution in [3.05, 3.63) is 45.7 Å². The molecule has 0 saturated carbocycles. The number of carbonyl (C=O) groups excluding carboxylic acids is 1. The average molecular weight is 484 g/mol. The molecule has 0 unspecified atom stereocenters. The molecule has 0 spiro atoms. The molecule has 6 nitrogen and oxygen atoms in total. The molecule has 1 aromatic carbocycles. The molecule has 9 heteroatoms. The Balaban J connectivity index is 1.38. The van der Waals surface area contributed by atoms with Crippen LogP contribution < -0.4 is 4.90 Å². The van der Waals surface area contributed by atoms with Gasteiger partial charge < -0.3 is 4.90 Å². The Morgan fingerprint density at radius 3 is 2.54 bits per heavy atom. The Hall–Kier alpha value is -1.26. The fourth-order valence-electron chi connectivity index (χ4n) is 3.90. The molecule has 150 valence electrons. The summed E-state index contributed by atoms with van der Waals surface area (Å²) in [5, 5.41) is 0. The van der Waals surface area contributed by atoms with Crippen LogP contribution in [0.5, 0.6) is 0 Å². The van der Waals surface area contributed by atoms with E-state index in [1.54, 1.807) is 12.1 Å². The number of sulfonamides is 1. The maximum atomic E-state index is 12.9. The van der Waals surface area contributed by atoms with E-state index >= 15 is 0 Å². The van der Waals surface area contributed by atoms with Crippen molar-refractivity contribution < 1.29 is 13.2 Å². The highest BCUT2D eigenvalue weighted by Gasteiger charge is 2.34. The number of hydrogen-bond acceptors (Lipinski definition) is 5. The van der Waals surface area contributed by atoms with Crippen molar-refractivity contribution in [3.8, 4) is 0 Å². The predicted molar refractivity (Wildman–Crippen MR) is 114 cm³/mol. The van der Waals surface area contributed by atoms with E-state index in [1.165, 1.54) is 21.2 Å². The first-order valence-corrected chi connectivity index (χ1v) is 12.3. The summed E-state index contributed by atoms with van der Waals surface area (Å²) in [6, 6.07) is 11.6. The molecule has 1 aromatic heterocycles. The Morgan fingerprint density at radius 1 is 1.14 bits per heavy atom. The van der Waals surface area contributed by atoms with E-state index in [4.69, 9.17) is 0 Å². The first kappa shape index (κ1) is 20.0. The zero-order valence-corrected chi connectivity index (χ0v) is 18.8. The Morgan fingerprint density at radius 2 is 1.86 bits per heavy atom. The van der Waals surface area contributed by atoms with Crippen molar-refractivity contribution in [2.45, 2.75) is 23.6 Å². The van der Waals surface area contributed by atoms with Crippen molar-refractivity contribution in [1.29, 1.82) is 0 Å². The Kier molecular flexibility index (Phi) is 5.63. The lowest BCUT2D eigenvalue weighted by molar-refractivity contribution is -0.120. The highest BCUT2D eigenvalue weighted by molar-refractivity contribution is 9.11. The molecule has 2 aliphatic heterocycles.